The number of benzene rings is 4. The van der Waals surface area contributed by atoms with Crippen LogP contribution >= 0.6 is 0 Å². The SMILES string of the molecule is C1=c2ccccc2=N/C=c2/cccc/c2=N\C=c2/cccc/c2=N\C=c2/ccccc2=N1. The molecule has 0 saturated heterocycles. The van der Waals surface area contributed by atoms with E-state index >= 15 is 0 Å². The monoisotopic (exact) mass is 412 g/mol. The molecule has 0 atom stereocenters. The Balaban J connectivity index is 1.94. The van der Waals surface area contributed by atoms with Crippen molar-refractivity contribution in [2.75, 3.05) is 0 Å². The molecule has 0 aliphatic carbocycles. The van der Waals surface area contributed by atoms with Crippen LogP contribution in [0.1, 0.15) is 0 Å². The van der Waals surface area contributed by atoms with Crippen LogP contribution in [0.15, 0.2) is 117 Å². The van der Waals surface area contributed by atoms with Crippen molar-refractivity contribution >= 4 is 24.8 Å². The van der Waals surface area contributed by atoms with Crippen LogP contribution in [0, 0.1) is 0 Å². The van der Waals surface area contributed by atoms with E-state index in [0.717, 1.165) is 42.3 Å². The van der Waals surface area contributed by atoms with E-state index in [-0.39, 0.29) is 0 Å². The minimum absolute atomic E-state index is 0.846. The molecular formula is C28H20N4. The molecule has 0 aromatic heterocycles. The van der Waals surface area contributed by atoms with E-state index in [0.29, 0.717) is 0 Å². The number of para-hydroxylation sites is 4. The summed E-state index contributed by atoms with van der Waals surface area (Å²) in [5.74, 6) is 0. The first-order chi connectivity index (χ1) is 15.9. The third-order valence-corrected chi connectivity index (χ3v) is 5.12. The predicted octanol–water partition coefficient (Wildman–Crippen LogP) is 0.231. The van der Waals surface area contributed by atoms with Crippen LogP contribution < -0.4 is 42.3 Å². The van der Waals surface area contributed by atoms with E-state index in [1.165, 1.54) is 0 Å². The molecular weight excluding hydrogens is 392 g/mol. The third kappa shape index (κ3) is 4.35. The molecule has 1 aliphatic rings. The third-order valence-electron chi connectivity index (χ3n) is 5.12. The summed E-state index contributed by atoms with van der Waals surface area (Å²) in [6.45, 7) is 0. The first-order valence-corrected chi connectivity index (χ1v) is 10.4. The van der Waals surface area contributed by atoms with Crippen molar-refractivity contribution in [3.05, 3.63) is 139 Å². The zero-order valence-electron chi connectivity index (χ0n) is 17.3. The van der Waals surface area contributed by atoms with Gasteiger partial charge in [0.25, 0.3) is 0 Å². The average Bonchev–Trinajstić information content (AvgIpc) is 2.85. The number of hydrogen-bond acceptors (Lipinski definition) is 4. The number of rotatable bonds is 0. The van der Waals surface area contributed by atoms with Gasteiger partial charge >= 0.3 is 0 Å². The fraction of sp³-hybridized carbons (Fsp3) is 0. The number of fused-ring (bicyclic) bond motifs is 4. The number of nitrogens with zero attached hydrogens (tertiary/aromatic N) is 4. The molecule has 0 N–H and O–H groups in total. The maximum absolute atomic E-state index is 4.74. The summed E-state index contributed by atoms with van der Waals surface area (Å²) >= 11 is 0. The molecule has 1 heterocycles. The zero-order valence-corrected chi connectivity index (χ0v) is 17.3. The molecule has 0 bridgehead atoms. The van der Waals surface area contributed by atoms with E-state index in [1.807, 2.05) is 122 Å². The van der Waals surface area contributed by atoms with Gasteiger partial charge in [0.05, 0.1) is 21.4 Å². The fourth-order valence-corrected chi connectivity index (χ4v) is 3.41. The summed E-state index contributed by atoms with van der Waals surface area (Å²) in [7, 11) is 0. The molecule has 4 heteroatoms. The van der Waals surface area contributed by atoms with Gasteiger partial charge in [-0.3, -0.25) is 20.0 Å². The molecule has 4 nitrogen and oxygen atoms in total. The fourth-order valence-electron chi connectivity index (χ4n) is 3.41. The predicted molar refractivity (Wildman–Crippen MR) is 127 cm³/mol. The lowest BCUT2D eigenvalue weighted by Gasteiger charge is -1.92. The minimum Gasteiger partial charge on any atom is -0.256 e. The summed E-state index contributed by atoms with van der Waals surface area (Å²) in [5, 5.41) is 7.14. The van der Waals surface area contributed by atoms with Crippen molar-refractivity contribution in [3.63, 3.8) is 0 Å². The lowest BCUT2D eigenvalue weighted by Crippen LogP contribution is -2.29. The van der Waals surface area contributed by atoms with Crippen LogP contribution in [0.3, 0.4) is 0 Å². The Morgan fingerprint density at radius 3 is 0.750 bits per heavy atom. The highest BCUT2D eigenvalue weighted by atomic mass is 14.7. The van der Waals surface area contributed by atoms with Gasteiger partial charge in [-0.25, -0.2) is 0 Å². The Bertz CT molecular complexity index is 1380. The highest BCUT2D eigenvalue weighted by molar-refractivity contribution is 5.31. The van der Waals surface area contributed by atoms with Gasteiger partial charge in [-0.15, -0.1) is 0 Å². The van der Waals surface area contributed by atoms with E-state index in [1.54, 1.807) is 0 Å². The Kier molecular flexibility index (Phi) is 5.58. The van der Waals surface area contributed by atoms with Crippen molar-refractivity contribution in [2.45, 2.75) is 0 Å². The minimum atomic E-state index is 0.846. The average molecular weight is 412 g/mol. The van der Waals surface area contributed by atoms with Gasteiger partial charge in [-0.05, 0) is 24.3 Å². The van der Waals surface area contributed by atoms with Gasteiger partial charge in [0.15, 0.2) is 0 Å². The van der Waals surface area contributed by atoms with Crippen LogP contribution in [0.4, 0.5) is 0 Å². The lowest BCUT2D eigenvalue weighted by molar-refractivity contribution is 1.27. The first kappa shape index (κ1) is 19.5. The molecule has 1 aliphatic heterocycles. The van der Waals surface area contributed by atoms with Crippen molar-refractivity contribution in [3.8, 4) is 0 Å². The van der Waals surface area contributed by atoms with Gasteiger partial charge in [0.1, 0.15) is 0 Å². The molecule has 0 unspecified atom stereocenters. The van der Waals surface area contributed by atoms with Crippen molar-refractivity contribution in [2.24, 2.45) is 20.0 Å². The topological polar surface area (TPSA) is 49.4 Å². The molecule has 4 aromatic rings. The first-order valence-electron chi connectivity index (χ1n) is 10.4. The van der Waals surface area contributed by atoms with Crippen LogP contribution in [-0.2, 0) is 0 Å². The molecule has 0 saturated carbocycles. The second-order valence-electron chi connectivity index (χ2n) is 7.27. The Labute approximate surface area is 184 Å². The van der Waals surface area contributed by atoms with E-state index in [9.17, 15) is 0 Å². The molecule has 32 heavy (non-hydrogen) atoms. The molecule has 0 radical (unpaired) electrons. The second-order valence-corrected chi connectivity index (χ2v) is 7.27. The van der Waals surface area contributed by atoms with Gasteiger partial charge in [-0.2, -0.15) is 0 Å². The Hall–Kier alpha value is -4.44. The molecule has 0 spiro atoms. The van der Waals surface area contributed by atoms with Crippen molar-refractivity contribution in [1.82, 2.24) is 0 Å². The van der Waals surface area contributed by atoms with Gasteiger partial charge in [0.2, 0.25) is 0 Å². The summed E-state index contributed by atoms with van der Waals surface area (Å²) in [6.07, 6.45) is 7.40. The van der Waals surface area contributed by atoms with Crippen molar-refractivity contribution in [1.29, 1.82) is 0 Å². The Morgan fingerprint density at radius 1 is 0.281 bits per heavy atom. The summed E-state index contributed by atoms with van der Waals surface area (Å²) in [5.41, 5.74) is 0. The molecule has 5 rings (SSSR count). The van der Waals surface area contributed by atoms with Gasteiger partial charge in [0, 0.05) is 45.7 Å². The summed E-state index contributed by atoms with van der Waals surface area (Å²) in [6, 6.07) is 31.8. The molecule has 0 amide bonds. The molecule has 152 valence electrons. The van der Waals surface area contributed by atoms with Crippen molar-refractivity contribution < 1.29 is 0 Å². The van der Waals surface area contributed by atoms with Gasteiger partial charge < -0.3 is 0 Å². The van der Waals surface area contributed by atoms with Crippen LogP contribution in [0.5, 0.6) is 0 Å². The number of hydrogen-bond donors (Lipinski definition) is 0. The van der Waals surface area contributed by atoms with E-state index < -0.39 is 0 Å². The van der Waals surface area contributed by atoms with Crippen LogP contribution in [0.2, 0.25) is 0 Å². The smallest absolute Gasteiger partial charge is 0.0717 e. The molecule has 0 fully saturated rings. The highest BCUT2D eigenvalue weighted by Gasteiger charge is 1.90. The summed E-state index contributed by atoms with van der Waals surface area (Å²) < 4.78 is 0. The normalized spacial score (nSPS) is 17.8. The van der Waals surface area contributed by atoms with Gasteiger partial charge in [-0.1, -0.05) is 72.8 Å². The summed E-state index contributed by atoms with van der Waals surface area (Å²) in [4.78, 5) is 19.0. The quantitative estimate of drug-likeness (QED) is 0.397. The maximum atomic E-state index is 4.74. The van der Waals surface area contributed by atoms with Crippen LogP contribution in [-0.4, -0.2) is 0 Å². The Morgan fingerprint density at radius 2 is 0.500 bits per heavy atom. The van der Waals surface area contributed by atoms with E-state index in [4.69, 9.17) is 20.0 Å². The standard InChI is InChI=1S/C28H20N4/c1-5-13-25-21(9-1)17-29-26-14-6-2-11-23(26)19-31-28-16-8-4-12-24(28)20-32-27-15-7-3-10-22(27)18-30-25/h1-20H/b21-17-,22-18+,23-19?,24-20+,29-17?,29-26?,30-18?,30-25+,31-19?,31-28?,32-20?,32-27+. The zero-order chi connectivity index (χ0) is 21.6. The highest BCUT2D eigenvalue weighted by Crippen LogP contribution is 1.80. The lowest BCUT2D eigenvalue weighted by atomic mass is 10.2. The maximum Gasteiger partial charge on any atom is 0.0717 e. The van der Waals surface area contributed by atoms with E-state index in [2.05, 4.69) is 0 Å². The van der Waals surface area contributed by atoms with Crippen LogP contribution in [0.25, 0.3) is 24.8 Å². The second kappa shape index (κ2) is 9.14. The largest absolute Gasteiger partial charge is 0.256 e. The molecule has 4 aromatic carbocycles.